The third-order valence-corrected chi connectivity index (χ3v) is 3.89. The molecular weight excluding hydrogens is 348 g/mol. The van der Waals surface area contributed by atoms with E-state index in [2.05, 4.69) is 20.8 Å². The van der Waals surface area contributed by atoms with E-state index in [0.717, 1.165) is 5.56 Å². The van der Waals surface area contributed by atoms with Crippen molar-refractivity contribution in [2.45, 2.75) is 26.3 Å². The van der Waals surface area contributed by atoms with Crippen LogP contribution in [0.15, 0.2) is 45.3 Å². The van der Waals surface area contributed by atoms with E-state index in [1.165, 1.54) is 7.05 Å². The van der Waals surface area contributed by atoms with Crippen molar-refractivity contribution < 1.29 is 18.5 Å². The summed E-state index contributed by atoms with van der Waals surface area (Å²) in [5.74, 6) is 1.37. The number of hydrogen-bond donors (Lipinski definition) is 2. The average Bonchev–Trinajstić information content (AvgIpc) is 3.35. The van der Waals surface area contributed by atoms with Gasteiger partial charge in [-0.25, -0.2) is 0 Å². The van der Waals surface area contributed by atoms with E-state index in [1.807, 2.05) is 13.8 Å². The Morgan fingerprint density at radius 3 is 2.44 bits per heavy atom. The molecule has 2 heterocycles. The number of aromatic nitrogens is 2. The van der Waals surface area contributed by atoms with Crippen LogP contribution in [0.1, 0.15) is 52.4 Å². The number of amides is 2. The van der Waals surface area contributed by atoms with Crippen LogP contribution in [0.5, 0.6) is 0 Å². The average molecular weight is 368 g/mol. The van der Waals surface area contributed by atoms with E-state index >= 15 is 0 Å². The lowest BCUT2D eigenvalue weighted by Crippen LogP contribution is -2.22. The molecule has 0 bridgehead atoms. The van der Waals surface area contributed by atoms with Gasteiger partial charge in [0.1, 0.15) is 5.76 Å². The Bertz CT molecular complexity index is 941. The summed E-state index contributed by atoms with van der Waals surface area (Å²) in [7, 11) is 1.54. The van der Waals surface area contributed by atoms with Gasteiger partial charge in [0.2, 0.25) is 5.89 Å². The summed E-state index contributed by atoms with van der Waals surface area (Å²) < 4.78 is 10.6. The first kappa shape index (κ1) is 18.4. The number of furan rings is 1. The van der Waals surface area contributed by atoms with Crippen molar-refractivity contribution in [1.29, 1.82) is 0 Å². The molecule has 2 amide bonds. The molecule has 8 nitrogen and oxygen atoms in total. The lowest BCUT2D eigenvalue weighted by molar-refractivity contribution is 0.0932. The van der Waals surface area contributed by atoms with Gasteiger partial charge in [-0.15, -0.1) is 0 Å². The minimum atomic E-state index is -0.293. The Morgan fingerprint density at radius 2 is 1.81 bits per heavy atom. The fourth-order valence-corrected chi connectivity index (χ4v) is 2.36. The van der Waals surface area contributed by atoms with E-state index < -0.39 is 0 Å². The van der Waals surface area contributed by atoms with Crippen LogP contribution in [-0.4, -0.2) is 29.0 Å². The molecule has 0 unspecified atom stereocenters. The highest BCUT2D eigenvalue weighted by molar-refractivity contribution is 5.94. The lowest BCUT2D eigenvalue weighted by Gasteiger charge is -2.03. The molecule has 0 saturated carbocycles. The monoisotopic (exact) mass is 368 g/mol. The highest BCUT2D eigenvalue weighted by Crippen LogP contribution is 2.22. The SMILES string of the molecule is CNC(=O)c1ccc(-c2ccc(C(=O)NCc3nc(C(C)C)no3)cc2)o1. The molecule has 2 N–H and O–H groups in total. The van der Waals surface area contributed by atoms with Crippen LogP contribution >= 0.6 is 0 Å². The maximum Gasteiger partial charge on any atom is 0.286 e. The second-order valence-electron chi connectivity index (χ2n) is 6.20. The van der Waals surface area contributed by atoms with Crippen molar-refractivity contribution in [3.05, 3.63) is 59.4 Å². The summed E-state index contributed by atoms with van der Waals surface area (Å²) in [4.78, 5) is 28.0. The molecule has 0 aliphatic heterocycles. The molecule has 0 fully saturated rings. The van der Waals surface area contributed by atoms with Crippen LogP contribution < -0.4 is 10.6 Å². The molecule has 0 aliphatic rings. The van der Waals surface area contributed by atoms with Gasteiger partial charge in [0.25, 0.3) is 11.8 Å². The van der Waals surface area contributed by atoms with Crippen LogP contribution in [0.3, 0.4) is 0 Å². The molecule has 3 aromatic rings. The standard InChI is InChI=1S/C19H20N4O4/c1-11(2)17-22-16(27-23-17)10-21-18(24)13-6-4-12(5-7-13)14-8-9-15(26-14)19(25)20-3/h4-9,11H,10H2,1-3H3,(H,20,25)(H,21,24). The second kappa shape index (κ2) is 7.86. The molecular formula is C19H20N4O4. The Balaban J connectivity index is 1.63. The number of nitrogens with zero attached hydrogens (tertiary/aromatic N) is 2. The van der Waals surface area contributed by atoms with Gasteiger partial charge >= 0.3 is 0 Å². The van der Waals surface area contributed by atoms with E-state index in [0.29, 0.717) is 23.0 Å². The van der Waals surface area contributed by atoms with Gasteiger partial charge in [0, 0.05) is 24.1 Å². The molecule has 27 heavy (non-hydrogen) atoms. The van der Waals surface area contributed by atoms with Crippen molar-refractivity contribution >= 4 is 11.8 Å². The van der Waals surface area contributed by atoms with Gasteiger partial charge < -0.3 is 19.6 Å². The molecule has 2 aromatic heterocycles. The summed E-state index contributed by atoms with van der Waals surface area (Å²) in [6, 6.07) is 10.2. The normalized spacial score (nSPS) is 10.8. The zero-order valence-corrected chi connectivity index (χ0v) is 15.3. The third kappa shape index (κ3) is 4.22. The summed E-state index contributed by atoms with van der Waals surface area (Å²) in [6.07, 6.45) is 0. The van der Waals surface area contributed by atoms with Gasteiger partial charge in [-0.3, -0.25) is 9.59 Å². The lowest BCUT2D eigenvalue weighted by atomic mass is 10.1. The molecule has 1 aromatic carbocycles. The Labute approximate surface area is 156 Å². The van der Waals surface area contributed by atoms with E-state index in [4.69, 9.17) is 8.94 Å². The highest BCUT2D eigenvalue weighted by atomic mass is 16.5. The zero-order valence-electron chi connectivity index (χ0n) is 15.3. The first-order valence-corrected chi connectivity index (χ1v) is 8.51. The van der Waals surface area contributed by atoms with Gasteiger partial charge in [-0.1, -0.05) is 31.1 Å². The van der Waals surface area contributed by atoms with Gasteiger partial charge in [-0.05, 0) is 24.3 Å². The molecule has 0 saturated heterocycles. The van der Waals surface area contributed by atoms with Gasteiger partial charge in [0.15, 0.2) is 11.6 Å². The molecule has 8 heteroatoms. The molecule has 3 rings (SSSR count). The number of carbonyl (C=O) groups excluding carboxylic acids is 2. The Hall–Kier alpha value is -3.42. The Morgan fingerprint density at radius 1 is 1.07 bits per heavy atom. The van der Waals surface area contributed by atoms with Crippen LogP contribution in [0.4, 0.5) is 0 Å². The van der Waals surface area contributed by atoms with Crippen LogP contribution in [0.25, 0.3) is 11.3 Å². The van der Waals surface area contributed by atoms with Crippen LogP contribution in [-0.2, 0) is 6.54 Å². The topological polar surface area (TPSA) is 110 Å². The minimum absolute atomic E-state index is 0.161. The number of hydrogen-bond acceptors (Lipinski definition) is 6. The number of benzene rings is 1. The quantitative estimate of drug-likeness (QED) is 0.692. The van der Waals surface area contributed by atoms with Crippen molar-refractivity contribution in [1.82, 2.24) is 20.8 Å². The van der Waals surface area contributed by atoms with Crippen LogP contribution in [0.2, 0.25) is 0 Å². The molecule has 0 radical (unpaired) electrons. The summed E-state index contributed by atoms with van der Waals surface area (Å²) in [5, 5.41) is 9.10. The fourth-order valence-electron chi connectivity index (χ4n) is 2.36. The van der Waals surface area contributed by atoms with Crippen molar-refractivity contribution in [2.24, 2.45) is 0 Å². The largest absolute Gasteiger partial charge is 0.451 e. The van der Waals surface area contributed by atoms with Gasteiger partial charge in [0.05, 0.1) is 6.54 Å². The van der Waals surface area contributed by atoms with E-state index in [9.17, 15) is 9.59 Å². The predicted molar refractivity (Wildman–Crippen MR) is 97.1 cm³/mol. The number of rotatable bonds is 6. The smallest absolute Gasteiger partial charge is 0.286 e. The van der Waals surface area contributed by atoms with Gasteiger partial charge in [-0.2, -0.15) is 4.98 Å². The fraction of sp³-hybridized carbons (Fsp3) is 0.263. The van der Waals surface area contributed by atoms with Crippen molar-refractivity contribution in [2.75, 3.05) is 7.05 Å². The first-order chi connectivity index (χ1) is 13.0. The molecule has 0 atom stereocenters. The number of carbonyl (C=O) groups is 2. The molecule has 0 aliphatic carbocycles. The van der Waals surface area contributed by atoms with Crippen LogP contribution in [0, 0.1) is 0 Å². The van der Waals surface area contributed by atoms with Crippen molar-refractivity contribution in [3.8, 4) is 11.3 Å². The maximum atomic E-state index is 12.3. The minimum Gasteiger partial charge on any atom is -0.451 e. The number of nitrogens with one attached hydrogen (secondary N) is 2. The molecule has 0 spiro atoms. The van der Waals surface area contributed by atoms with Crippen molar-refractivity contribution in [3.63, 3.8) is 0 Å². The third-order valence-electron chi connectivity index (χ3n) is 3.89. The highest BCUT2D eigenvalue weighted by Gasteiger charge is 2.13. The summed E-state index contributed by atoms with van der Waals surface area (Å²) in [6.45, 7) is 4.09. The maximum absolute atomic E-state index is 12.3. The van der Waals surface area contributed by atoms with E-state index in [-0.39, 0.29) is 30.0 Å². The summed E-state index contributed by atoms with van der Waals surface area (Å²) in [5.41, 5.74) is 1.25. The first-order valence-electron chi connectivity index (χ1n) is 8.51. The second-order valence-corrected chi connectivity index (χ2v) is 6.20. The Kier molecular flexibility index (Phi) is 5.35. The molecule has 140 valence electrons. The summed E-state index contributed by atoms with van der Waals surface area (Å²) >= 11 is 0. The van der Waals surface area contributed by atoms with E-state index in [1.54, 1.807) is 36.4 Å². The zero-order chi connectivity index (χ0) is 19.4. The predicted octanol–water partition coefficient (Wildman–Crippen LogP) is 2.74.